The molecule has 7 aromatic carbocycles. The lowest BCUT2D eigenvalue weighted by atomic mass is 9.54. The van der Waals surface area contributed by atoms with Gasteiger partial charge in [0, 0.05) is 17.1 Å². The SMILES string of the molecule is Cc1cc(C)c(-c2cc(-c3cc4c(cc3Cc3ccc(-c5ccccc5)cc3)C(C)(C)CCC4(C)C)c3c(c2)N(c2cc4c(cc2C)C(C)(C)CCC4(C)C)c2cc4c(cc2[B]3)C(C)(C)CCC4(C)C)c(C)c1. The van der Waals surface area contributed by atoms with Crippen molar-refractivity contribution in [1.29, 1.82) is 0 Å². The molecule has 1 aliphatic heterocycles. The summed E-state index contributed by atoms with van der Waals surface area (Å²) in [6.07, 6.45) is 7.93. The Kier molecular flexibility index (Phi) is 11.5. The van der Waals surface area contributed by atoms with E-state index in [1.165, 1.54) is 167 Å². The molecule has 0 atom stereocenters. The Balaban J connectivity index is 1.24. The topological polar surface area (TPSA) is 3.24 Å². The van der Waals surface area contributed by atoms with Crippen LogP contribution in [0.25, 0.3) is 33.4 Å². The minimum Gasteiger partial charge on any atom is -0.311 e. The zero-order chi connectivity index (χ0) is 51.9. The molecule has 1 radical (unpaired) electrons. The third kappa shape index (κ3) is 8.37. The molecule has 0 saturated heterocycles. The van der Waals surface area contributed by atoms with Crippen LogP contribution in [0.5, 0.6) is 0 Å². The average molecular weight is 959 g/mol. The van der Waals surface area contributed by atoms with E-state index in [0.29, 0.717) is 0 Å². The molecule has 11 rings (SSSR count). The highest BCUT2D eigenvalue weighted by Crippen LogP contribution is 2.54. The molecule has 4 aliphatic rings. The predicted molar refractivity (Wildman–Crippen MR) is 317 cm³/mol. The average Bonchev–Trinajstić information content (AvgIpc) is 3.32. The van der Waals surface area contributed by atoms with Gasteiger partial charge < -0.3 is 4.90 Å². The number of hydrogen-bond acceptors (Lipinski definition) is 1. The second kappa shape index (κ2) is 17.0. The van der Waals surface area contributed by atoms with Crippen molar-refractivity contribution >= 4 is 35.3 Å². The van der Waals surface area contributed by atoms with Gasteiger partial charge in [0.15, 0.2) is 7.28 Å². The number of benzene rings is 7. The van der Waals surface area contributed by atoms with Gasteiger partial charge in [-0.05, 0) is 224 Å². The lowest BCUT2D eigenvalue weighted by molar-refractivity contribution is 0.331. The zero-order valence-electron chi connectivity index (χ0n) is 47.4. The van der Waals surface area contributed by atoms with Crippen molar-refractivity contribution in [3.63, 3.8) is 0 Å². The first-order valence-electron chi connectivity index (χ1n) is 27.8. The molecule has 0 fully saturated rings. The van der Waals surface area contributed by atoms with Gasteiger partial charge in [-0.1, -0.05) is 191 Å². The first kappa shape index (κ1) is 49.6. The van der Waals surface area contributed by atoms with Gasteiger partial charge in [-0.2, -0.15) is 0 Å². The maximum Gasteiger partial charge on any atom is 0.197 e. The van der Waals surface area contributed by atoms with Crippen LogP contribution >= 0.6 is 0 Å². The highest BCUT2D eigenvalue weighted by molar-refractivity contribution is 6.73. The Morgan fingerprint density at radius 2 is 0.863 bits per heavy atom. The monoisotopic (exact) mass is 959 g/mol. The van der Waals surface area contributed by atoms with Crippen molar-refractivity contribution in [3.8, 4) is 33.4 Å². The van der Waals surface area contributed by atoms with Crippen LogP contribution in [-0.2, 0) is 38.9 Å². The van der Waals surface area contributed by atoms with E-state index in [9.17, 15) is 0 Å². The van der Waals surface area contributed by atoms with Gasteiger partial charge in [0.25, 0.3) is 0 Å². The summed E-state index contributed by atoms with van der Waals surface area (Å²) in [6.45, 7) is 39.1. The van der Waals surface area contributed by atoms with Crippen molar-refractivity contribution in [2.24, 2.45) is 0 Å². The van der Waals surface area contributed by atoms with Gasteiger partial charge in [-0.15, -0.1) is 0 Å². The van der Waals surface area contributed by atoms with Crippen LogP contribution in [-0.4, -0.2) is 7.28 Å². The molecular weight excluding hydrogens is 878 g/mol. The number of rotatable bonds is 6. The van der Waals surface area contributed by atoms with Crippen LogP contribution in [0.4, 0.5) is 17.1 Å². The highest BCUT2D eigenvalue weighted by atomic mass is 15.2. The molecule has 2 heteroatoms. The fourth-order valence-electron chi connectivity index (χ4n) is 14.1. The molecule has 0 unspecified atom stereocenters. The minimum atomic E-state index is 0.0396. The quantitative estimate of drug-likeness (QED) is 0.150. The molecular formula is C71H81BN. The normalized spacial score (nSPS) is 19.2. The second-order valence-electron chi connectivity index (χ2n) is 27.4. The zero-order valence-corrected chi connectivity index (χ0v) is 47.4. The van der Waals surface area contributed by atoms with Gasteiger partial charge in [0.2, 0.25) is 0 Å². The summed E-state index contributed by atoms with van der Waals surface area (Å²) < 4.78 is 0. The lowest BCUT2D eigenvalue weighted by Crippen LogP contribution is -2.44. The van der Waals surface area contributed by atoms with Gasteiger partial charge in [-0.25, -0.2) is 0 Å². The first-order valence-corrected chi connectivity index (χ1v) is 27.8. The molecule has 7 aromatic rings. The standard InChI is InChI=1S/C71H81BN/c1-43-32-45(3)64(46(4)33-43)51-36-53(52-39-56-55(67(7,8)27-28-68(56,9)10)37-50(52)35-47-22-24-49(25-23-47)48-20-18-17-19-21-48)65-63(38-51)73(61-41-58-54(34-44(61)2)66(5,6)26-30-70(58,13)14)62-42-59-57(40-60(62)72-65)69(11,12)29-31-71(59,15)16/h17-25,32-34,36-42H,26-31,35H2,1-16H3. The van der Waals surface area contributed by atoms with E-state index in [0.717, 1.165) is 6.42 Å². The van der Waals surface area contributed by atoms with Crippen LogP contribution in [0.2, 0.25) is 0 Å². The Bertz CT molecular complexity index is 3320. The summed E-state index contributed by atoms with van der Waals surface area (Å²) in [5.41, 5.74) is 31.9. The maximum absolute atomic E-state index is 2.75. The minimum absolute atomic E-state index is 0.0396. The van der Waals surface area contributed by atoms with E-state index >= 15 is 0 Å². The van der Waals surface area contributed by atoms with Crippen molar-refractivity contribution in [3.05, 3.63) is 182 Å². The summed E-state index contributed by atoms with van der Waals surface area (Å²) in [4.78, 5) is 2.75. The van der Waals surface area contributed by atoms with E-state index in [2.05, 4.69) is 238 Å². The Labute approximate surface area is 441 Å². The fourth-order valence-corrected chi connectivity index (χ4v) is 14.1. The first-order chi connectivity index (χ1) is 34.2. The Morgan fingerprint density at radius 1 is 0.397 bits per heavy atom. The van der Waals surface area contributed by atoms with Crippen molar-refractivity contribution in [2.75, 3.05) is 4.90 Å². The third-order valence-corrected chi connectivity index (χ3v) is 19.1. The second-order valence-corrected chi connectivity index (χ2v) is 27.4. The van der Waals surface area contributed by atoms with Crippen LogP contribution < -0.4 is 15.8 Å². The van der Waals surface area contributed by atoms with Gasteiger partial charge in [0.05, 0.1) is 0 Å². The summed E-state index contributed by atoms with van der Waals surface area (Å²) in [5, 5.41) is 0. The van der Waals surface area contributed by atoms with E-state index in [1.807, 2.05) is 0 Å². The number of aryl methyl sites for hydroxylation is 4. The Morgan fingerprint density at radius 3 is 1.41 bits per heavy atom. The van der Waals surface area contributed by atoms with Gasteiger partial charge in [-0.3, -0.25) is 0 Å². The van der Waals surface area contributed by atoms with E-state index in [1.54, 1.807) is 0 Å². The molecule has 373 valence electrons. The number of hydrogen-bond donors (Lipinski definition) is 0. The van der Waals surface area contributed by atoms with Crippen molar-refractivity contribution in [1.82, 2.24) is 0 Å². The molecule has 0 saturated carbocycles. The number of fused-ring (bicyclic) bond motifs is 5. The Hall–Kier alpha value is -5.60. The highest BCUT2D eigenvalue weighted by Gasteiger charge is 2.43. The van der Waals surface area contributed by atoms with Gasteiger partial charge >= 0.3 is 0 Å². The predicted octanol–water partition coefficient (Wildman–Crippen LogP) is 18.0. The molecule has 0 N–H and O–H groups in total. The maximum atomic E-state index is 2.75. The van der Waals surface area contributed by atoms with E-state index in [4.69, 9.17) is 0 Å². The summed E-state index contributed by atoms with van der Waals surface area (Å²) in [5.74, 6) is 0. The molecule has 0 bridgehead atoms. The molecule has 0 aromatic heterocycles. The third-order valence-electron chi connectivity index (χ3n) is 19.1. The molecule has 1 heterocycles. The molecule has 1 nitrogen and oxygen atoms in total. The van der Waals surface area contributed by atoms with Crippen molar-refractivity contribution < 1.29 is 0 Å². The fraction of sp³-hybridized carbons (Fsp3) is 0.408. The summed E-state index contributed by atoms with van der Waals surface area (Å²) >= 11 is 0. The van der Waals surface area contributed by atoms with E-state index in [-0.39, 0.29) is 32.5 Å². The number of anilines is 3. The van der Waals surface area contributed by atoms with Crippen LogP contribution in [0.15, 0.2) is 115 Å². The lowest BCUT2D eigenvalue weighted by Gasteiger charge is -2.46. The van der Waals surface area contributed by atoms with Crippen LogP contribution in [0.3, 0.4) is 0 Å². The molecule has 73 heavy (non-hydrogen) atoms. The summed E-state index contributed by atoms with van der Waals surface area (Å²) in [7, 11) is 2.61. The molecule has 0 amide bonds. The van der Waals surface area contributed by atoms with Gasteiger partial charge in [0.1, 0.15) is 0 Å². The number of nitrogens with zero attached hydrogens (tertiary/aromatic N) is 1. The summed E-state index contributed by atoms with van der Waals surface area (Å²) in [6, 6.07) is 46.0. The molecule has 0 spiro atoms. The van der Waals surface area contributed by atoms with Crippen LogP contribution in [0.1, 0.15) is 188 Å². The van der Waals surface area contributed by atoms with Crippen LogP contribution in [0, 0.1) is 27.7 Å². The largest absolute Gasteiger partial charge is 0.311 e. The smallest absolute Gasteiger partial charge is 0.197 e. The van der Waals surface area contributed by atoms with Crippen molar-refractivity contribution in [2.45, 2.75) is 188 Å². The van der Waals surface area contributed by atoms with E-state index < -0.39 is 0 Å². The molecule has 3 aliphatic carbocycles.